The third kappa shape index (κ3) is 4.29. The second kappa shape index (κ2) is 9.11. The van der Waals surface area contributed by atoms with Gasteiger partial charge in [0, 0.05) is 11.4 Å². The van der Waals surface area contributed by atoms with E-state index in [0.29, 0.717) is 6.04 Å². The maximum absolute atomic E-state index is 2.45. The van der Waals surface area contributed by atoms with Crippen LogP contribution in [0.15, 0.2) is 133 Å². The third-order valence-corrected chi connectivity index (χ3v) is 6.10. The molecule has 1 nitrogen and oxygen atoms in total. The molecule has 0 aromatic heterocycles. The molecule has 0 radical (unpaired) electrons. The molecule has 0 saturated heterocycles. The Labute approximate surface area is 191 Å². The van der Waals surface area contributed by atoms with E-state index in [9.17, 15) is 0 Å². The van der Waals surface area contributed by atoms with Gasteiger partial charge in [0.25, 0.3) is 0 Å². The second-order valence-electron chi connectivity index (χ2n) is 8.31. The summed E-state index contributed by atoms with van der Waals surface area (Å²) in [5.74, 6) is 0. The quantitative estimate of drug-likeness (QED) is 0.317. The molecule has 4 aromatic carbocycles. The van der Waals surface area contributed by atoms with E-state index < -0.39 is 0 Å². The van der Waals surface area contributed by atoms with Crippen LogP contribution < -0.4 is 4.90 Å². The van der Waals surface area contributed by atoms with Gasteiger partial charge in [0.05, 0.1) is 6.04 Å². The molecule has 1 aliphatic rings. The van der Waals surface area contributed by atoms with Crippen molar-refractivity contribution in [1.29, 1.82) is 0 Å². The van der Waals surface area contributed by atoms with Gasteiger partial charge in [0.1, 0.15) is 0 Å². The maximum Gasteiger partial charge on any atom is 0.0560 e. The first kappa shape index (κ1) is 20.1. The third-order valence-electron chi connectivity index (χ3n) is 6.10. The number of rotatable bonds is 5. The average Bonchev–Trinajstić information content (AvgIpc) is 2.87. The standard InChI is InChI=1S/C31H27N/c1-24-12-18-29(19-13-24)32(30-20-14-27(15-21-30)25-8-4-2-5-9-25)31-22-16-28(17-23-31)26-10-6-3-7-11-26/h2-18,20-23,29H,19H2,1H3. The minimum Gasteiger partial charge on any atom is -0.334 e. The van der Waals surface area contributed by atoms with E-state index in [1.165, 1.54) is 39.2 Å². The number of nitrogens with zero attached hydrogens (tertiary/aromatic N) is 1. The van der Waals surface area contributed by atoms with Gasteiger partial charge in [0.15, 0.2) is 0 Å². The molecule has 4 aromatic rings. The fourth-order valence-electron chi connectivity index (χ4n) is 4.33. The van der Waals surface area contributed by atoms with E-state index in [1.54, 1.807) is 0 Å². The van der Waals surface area contributed by atoms with Gasteiger partial charge in [-0.25, -0.2) is 0 Å². The minimum atomic E-state index is 0.295. The lowest BCUT2D eigenvalue weighted by Gasteiger charge is -2.33. The second-order valence-corrected chi connectivity index (χ2v) is 8.31. The van der Waals surface area contributed by atoms with Gasteiger partial charge in [-0.05, 0) is 59.9 Å². The predicted molar refractivity (Wildman–Crippen MR) is 137 cm³/mol. The van der Waals surface area contributed by atoms with Crippen molar-refractivity contribution in [3.05, 3.63) is 133 Å². The Morgan fingerprint density at radius 2 is 1.00 bits per heavy atom. The van der Waals surface area contributed by atoms with Crippen LogP contribution in [0.5, 0.6) is 0 Å². The number of benzene rings is 4. The van der Waals surface area contributed by atoms with Gasteiger partial charge in [-0.15, -0.1) is 0 Å². The normalized spacial score (nSPS) is 15.3. The molecule has 32 heavy (non-hydrogen) atoms. The zero-order valence-corrected chi connectivity index (χ0v) is 18.4. The Morgan fingerprint density at radius 1 is 0.562 bits per heavy atom. The Bertz CT molecular complexity index is 1130. The van der Waals surface area contributed by atoms with Crippen LogP contribution in [0.3, 0.4) is 0 Å². The molecule has 0 amide bonds. The van der Waals surface area contributed by atoms with Crippen molar-refractivity contribution in [2.45, 2.75) is 19.4 Å². The Hall–Kier alpha value is -3.84. The smallest absolute Gasteiger partial charge is 0.0560 e. The van der Waals surface area contributed by atoms with Gasteiger partial charge in [0.2, 0.25) is 0 Å². The summed E-state index contributed by atoms with van der Waals surface area (Å²) in [5.41, 5.74) is 8.72. The number of allylic oxidation sites excluding steroid dienone is 2. The van der Waals surface area contributed by atoms with Gasteiger partial charge >= 0.3 is 0 Å². The lowest BCUT2D eigenvalue weighted by atomic mass is 9.99. The summed E-state index contributed by atoms with van der Waals surface area (Å²) in [5, 5.41) is 0. The van der Waals surface area contributed by atoms with Crippen molar-refractivity contribution in [3.63, 3.8) is 0 Å². The minimum absolute atomic E-state index is 0.295. The summed E-state index contributed by atoms with van der Waals surface area (Å²) in [6, 6.07) is 39.3. The van der Waals surface area contributed by atoms with E-state index in [1.807, 2.05) is 0 Å². The van der Waals surface area contributed by atoms with Crippen molar-refractivity contribution >= 4 is 11.4 Å². The molecular formula is C31H27N. The van der Waals surface area contributed by atoms with Gasteiger partial charge in [-0.2, -0.15) is 0 Å². The monoisotopic (exact) mass is 413 g/mol. The highest BCUT2D eigenvalue weighted by atomic mass is 15.2. The Balaban J connectivity index is 1.49. The summed E-state index contributed by atoms with van der Waals surface area (Å²) in [6.07, 6.45) is 7.89. The molecule has 1 heteroatoms. The van der Waals surface area contributed by atoms with E-state index >= 15 is 0 Å². The molecule has 1 atom stereocenters. The van der Waals surface area contributed by atoms with Crippen molar-refractivity contribution in [1.82, 2.24) is 0 Å². The van der Waals surface area contributed by atoms with Gasteiger partial charge in [-0.3, -0.25) is 0 Å². The fraction of sp³-hybridized carbons (Fsp3) is 0.0968. The van der Waals surface area contributed by atoms with E-state index in [2.05, 4.69) is 139 Å². The molecule has 0 fully saturated rings. The van der Waals surface area contributed by atoms with Crippen molar-refractivity contribution in [2.24, 2.45) is 0 Å². The lowest BCUT2D eigenvalue weighted by molar-refractivity contribution is 0.779. The summed E-state index contributed by atoms with van der Waals surface area (Å²) >= 11 is 0. The van der Waals surface area contributed by atoms with Crippen LogP contribution in [0.2, 0.25) is 0 Å². The molecule has 5 rings (SSSR count). The van der Waals surface area contributed by atoms with E-state index in [-0.39, 0.29) is 0 Å². The zero-order chi connectivity index (χ0) is 21.8. The van der Waals surface area contributed by atoms with Crippen molar-refractivity contribution in [3.8, 4) is 22.3 Å². The zero-order valence-electron chi connectivity index (χ0n) is 18.4. The largest absolute Gasteiger partial charge is 0.334 e. The Morgan fingerprint density at radius 3 is 1.41 bits per heavy atom. The molecular weight excluding hydrogens is 386 g/mol. The van der Waals surface area contributed by atoms with Crippen molar-refractivity contribution in [2.75, 3.05) is 4.90 Å². The summed E-state index contributed by atoms with van der Waals surface area (Å²) in [7, 11) is 0. The topological polar surface area (TPSA) is 3.24 Å². The highest BCUT2D eigenvalue weighted by molar-refractivity contribution is 5.73. The highest BCUT2D eigenvalue weighted by Gasteiger charge is 2.20. The van der Waals surface area contributed by atoms with Crippen LogP contribution in [0.25, 0.3) is 22.3 Å². The Kier molecular flexibility index (Phi) is 5.72. The molecule has 1 aliphatic carbocycles. The molecule has 0 bridgehead atoms. The first-order chi connectivity index (χ1) is 15.8. The maximum atomic E-state index is 2.45. The lowest BCUT2D eigenvalue weighted by Crippen LogP contribution is -2.30. The van der Waals surface area contributed by atoms with Crippen LogP contribution in [-0.4, -0.2) is 6.04 Å². The highest BCUT2D eigenvalue weighted by Crippen LogP contribution is 2.34. The van der Waals surface area contributed by atoms with Crippen LogP contribution in [0, 0.1) is 0 Å². The molecule has 156 valence electrons. The van der Waals surface area contributed by atoms with Crippen LogP contribution >= 0.6 is 0 Å². The predicted octanol–water partition coefficient (Wildman–Crippen LogP) is 8.43. The summed E-state index contributed by atoms with van der Waals surface area (Å²) in [4.78, 5) is 2.45. The molecule has 0 heterocycles. The number of hydrogen-bond acceptors (Lipinski definition) is 1. The average molecular weight is 414 g/mol. The van der Waals surface area contributed by atoms with Crippen LogP contribution in [0.1, 0.15) is 13.3 Å². The first-order valence-electron chi connectivity index (χ1n) is 11.2. The SMILES string of the molecule is CC1=CCC(N(c2ccc(-c3ccccc3)cc2)c2ccc(-c3ccccc3)cc2)C=C1. The van der Waals surface area contributed by atoms with Crippen molar-refractivity contribution < 1.29 is 0 Å². The van der Waals surface area contributed by atoms with Crippen LogP contribution in [-0.2, 0) is 0 Å². The first-order valence-corrected chi connectivity index (χ1v) is 11.2. The molecule has 0 saturated carbocycles. The molecule has 1 unspecified atom stereocenters. The van der Waals surface area contributed by atoms with Gasteiger partial charge in [-0.1, -0.05) is 109 Å². The molecule has 0 N–H and O–H groups in total. The number of hydrogen-bond donors (Lipinski definition) is 0. The summed E-state index contributed by atoms with van der Waals surface area (Å²) in [6.45, 7) is 2.17. The van der Waals surface area contributed by atoms with E-state index in [4.69, 9.17) is 0 Å². The van der Waals surface area contributed by atoms with Gasteiger partial charge < -0.3 is 4.90 Å². The number of anilines is 2. The fourth-order valence-corrected chi connectivity index (χ4v) is 4.33. The molecule has 0 spiro atoms. The molecule has 0 aliphatic heterocycles. The van der Waals surface area contributed by atoms with E-state index in [0.717, 1.165) is 6.42 Å². The summed E-state index contributed by atoms with van der Waals surface area (Å²) < 4.78 is 0. The van der Waals surface area contributed by atoms with Crippen LogP contribution in [0.4, 0.5) is 11.4 Å².